The third kappa shape index (κ3) is 4.52. The summed E-state index contributed by atoms with van der Waals surface area (Å²) in [5, 5.41) is 3.43. The maximum absolute atomic E-state index is 12.8. The smallest absolute Gasteiger partial charge is 0.242 e. The molecule has 1 atom stereocenters. The van der Waals surface area contributed by atoms with Crippen LogP contribution in [0.15, 0.2) is 30.3 Å². The van der Waals surface area contributed by atoms with E-state index in [1.807, 2.05) is 11.0 Å². The number of anilines is 1. The van der Waals surface area contributed by atoms with E-state index >= 15 is 0 Å². The predicted octanol–water partition coefficient (Wildman–Crippen LogP) is 2.71. The lowest BCUT2D eigenvalue weighted by Gasteiger charge is -2.42. The third-order valence-electron chi connectivity index (χ3n) is 4.78. The first-order chi connectivity index (χ1) is 10.2. The molecule has 0 spiro atoms. The Kier molecular flexibility index (Phi) is 7.65. The summed E-state index contributed by atoms with van der Waals surface area (Å²) in [4.78, 5) is 17.2. The van der Waals surface area contributed by atoms with E-state index in [0.29, 0.717) is 0 Å². The van der Waals surface area contributed by atoms with Gasteiger partial charge in [-0.3, -0.25) is 4.79 Å². The molecule has 2 aliphatic rings. The van der Waals surface area contributed by atoms with Crippen LogP contribution in [0.3, 0.4) is 0 Å². The molecular formula is C17H27Cl2N3O. The van der Waals surface area contributed by atoms with Crippen LogP contribution in [0.5, 0.6) is 0 Å². The number of piperazine rings is 1. The highest BCUT2D eigenvalue weighted by Gasteiger charge is 2.38. The minimum absolute atomic E-state index is 0. The van der Waals surface area contributed by atoms with Crippen LogP contribution >= 0.6 is 24.8 Å². The summed E-state index contributed by atoms with van der Waals surface area (Å²) in [5.74, 6) is 0.287. The van der Waals surface area contributed by atoms with Crippen LogP contribution in [0.4, 0.5) is 5.69 Å². The average Bonchev–Trinajstić information content (AvgIpc) is 2.56. The summed E-state index contributed by atoms with van der Waals surface area (Å²) in [5.41, 5.74) is 0.916. The lowest BCUT2D eigenvalue weighted by atomic mass is 9.89. The third-order valence-corrected chi connectivity index (χ3v) is 4.78. The Morgan fingerprint density at radius 3 is 2.26 bits per heavy atom. The Bertz CT molecular complexity index is 484. The molecule has 4 nitrogen and oxygen atoms in total. The summed E-state index contributed by atoms with van der Waals surface area (Å²) < 4.78 is 0. The molecular weight excluding hydrogens is 333 g/mol. The number of halogens is 2. The van der Waals surface area contributed by atoms with Gasteiger partial charge in [0.05, 0.1) is 5.54 Å². The average molecular weight is 360 g/mol. The Morgan fingerprint density at radius 1 is 1.04 bits per heavy atom. The van der Waals surface area contributed by atoms with E-state index in [2.05, 4.69) is 41.4 Å². The molecule has 130 valence electrons. The monoisotopic (exact) mass is 359 g/mol. The van der Waals surface area contributed by atoms with Crippen LogP contribution in [-0.4, -0.2) is 49.1 Å². The van der Waals surface area contributed by atoms with Gasteiger partial charge in [0.25, 0.3) is 0 Å². The Morgan fingerprint density at radius 2 is 1.70 bits per heavy atom. The lowest BCUT2D eigenvalue weighted by molar-refractivity contribution is -0.139. The van der Waals surface area contributed by atoms with Gasteiger partial charge >= 0.3 is 0 Å². The first-order valence-electron chi connectivity index (χ1n) is 8.03. The number of amides is 1. The van der Waals surface area contributed by atoms with E-state index < -0.39 is 0 Å². The van der Waals surface area contributed by atoms with Gasteiger partial charge in [-0.05, 0) is 44.9 Å². The zero-order chi connectivity index (χ0) is 14.7. The van der Waals surface area contributed by atoms with Gasteiger partial charge in [-0.2, -0.15) is 0 Å². The van der Waals surface area contributed by atoms with Crippen LogP contribution in [0, 0.1) is 0 Å². The van der Waals surface area contributed by atoms with E-state index in [9.17, 15) is 4.79 Å². The molecule has 0 saturated carbocycles. The molecule has 2 heterocycles. The Labute approximate surface area is 151 Å². The fraction of sp³-hybridized carbons (Fsp3) is 0.588. The highest BCUT2D eigenvalue weighted by Crippen LogP contribution is 2.23. The van der Waals surface area contributed by atoms with Crippen LogP contribution in [0.2, 0.25) is 0 Å². The summed E-state index contributed by atoms with van der Waals surface area (Å²) in [6.45, 7) is 6.53. The normalized spacial score (nSPS) is 24.4. The van der Waals surface area contributed by atoms with Gasteiger partial charge in [0.15, 0.2) is 0 Å². The van der Waals surface area contributed by atoms with Gasteiger partial charge in [-0.15, -0.1) is 24.8 Å². The molecule has 23 heavy (non-hydrogen) atoms. The van der Waals surface area contributed by atoms with E-state index in [-0.39, 0.29) is 36.3 Å². The number of carbonyl (C=O) groups excluding carboxylic acids is 1. The number of rotatable bonds is 2. The first-order valence-corrected chi connectivity index (χ1v) is 8.03. The minimum Gasteiger partial charge on any atom is -0.368 e. The molecule has 0 aliphatic carbocycles. The Hall–Kier alpha value is -0.970. The second-order valence-electron chi connectivity index (χ2n) is 6.33. The number of nitrogens with zero attached hydrogens (tertiary/aromatic N) is 2. The summed E-state index contributed by atoms with van der Waals surface area (Å²) in [6.07, 6.45) is 3.30. The van der Waals surface area contributed by atoms with Crippen LogP contribution in [0.25, 0.3) is 0 Å². The lowest BCUT2D eigenvalue weighted by Crippen LogP contribution is -2.61. The molecule has 1 aromatic rings. The number of para-hydroxylation sites is 1. The van der Waals surface area contributed by atoms with E-state index in [0.717, 1.165) is 45.6 Å². The molecule has 0 aromatic heterocycles. The van der Waals surface area contributed by atoms with E-state index in [1.165, 1.54) is 12.1 Å². The fourth-order valence-electron chi connectivity index (χ4n) is 3.39. The van der Waals surface area contributed by atoms with Gasteiger partial charge in [0, 0.05) is 31.9 Å². The highest BCUT2D eigenvalue weighted by atomic mass is 35.5. The summed E-state index contributed by atoms with van der Waals surface area (Å²) in [7, 11) is 0. The number of nitrogens with one attached hydrogen (secondary N) is 1. The largest absolute Gasteiger partial charge is 0.368 e. The SMILES string of the molecule is CC1(C(=O)N2CCN(c3ccccc3)CC2)CCCCN1.Cl.Cl. The van der Waals surface area contributed by atoms with Crippen molar-refractivity contribution in [2.45, 2.75) is 31.7 Å². The first kappa shape index (κ1) is 20.1. The molecule has 2 saturated heterocycles. The zero-order valence-electron chi connectivity index (χ0n) is 13.7. The maximum atomic E-state index is 12.8. The summed E-state index contributed by atoms with van der Waals surface area (Å²) in [6, 6.07) is 10.5. The van der Waals surface area contributed by atoms with Gasteiger partial charge in [0.2, 0.25) is 5.91 Å². The van der Waals surface area contributed by atoms with Crippen molar-refractivity contribution in [1.29, 1.82) is 0 Å². The topological polar surface area (TPSA) is 35.6 Å². The number of hydrogen-bond acceptors (Lipinski definition) is 3. The van der Waals surface area contributed by atoms with Crippen LogP contribution in [0.1, 0.15) is 26.2 Å². The predicted molar refractivity (Wildman–Crippen MR) is 100.0 cm³/mol. The number of piperidine rings is 1. The fourth-order valence-corrected chi connectivity index (χ4v) is 3.39. The number of hydrogen-bond donors (Lipinski definition) is 1. The molecule has 2 fully saturated rings. The van der Waals surface area contributed by atoms with Gasteiger partial charge in [-0.25, -0.2) is 0 Å². The number of carbonyl (C=O) groups is 1. The van der Waals surface area contributed by atoms with Crippen molar-refractivity contribution in [2.75, 3.05) is 37.6 Å². The molecule has 0 radical (unpaired) electrons. The molecule has 1 aromatic carbocycles. The Balaban J connectivity index is 0.00000132. The van der Waals surface area contributed by atoms with Crippen molar-refractivity contribution >= 4 is 36.4 Å². The highest BCUT2D eigenvalue weighted by molar-refractivity contribution is 5.86. The second kappa shape index (κ2) is 8.76. The molecule has 0 bridgehead atoms. The van der Waals surface area contributed by atoms with Crippen LogP contribution in [-0.2, 0) is 4.79 Å². The molecule has 3 rings (SSSR count). The molecule has 2 aliphatic heterocycles. The molecule has 1 amide bonds. The second-order valence-corrected chi connectivity index (χ2v) is 6.33. The van der Waals surface area contributed by atoms with E-state index in [4.69, 9.17) is 0 Å². The van der Waals surface area contributed by atoms with Gasteiger partial charge < -0.3 is 15.1 Å². The van der Waals surface area contributed by atoms with Crippen molar-refractivity contribution in [3.8, 4) is 0 Å². The van der Waals surface area contributed by atoms with Crippen molar-refractivity contribution in [1.82, 2.24) is 10.2 Å². The van der Waals surface area contributed by atoms with E-state index in [1.54, 1.807) is 0 Å². The van der Waals surface area contributed by atoms with Crippen molar-refractivity contribution in [2.24, 2.45) is 0 Å². The maximum Gasteiger partial charge on any atom is 0.242 e. The van der Waals surface area contributed by atoms with Crippen molar-refractivity contribution in [3.05, 3.63) is 30.3 Å². The standard InChI is InChI=1S/C17H25N3O.2ClH/c1-17(9-5-6-10-18-17)16(21)20-13-11-19(12-14-20)15-7-3-2-4-8-15;;/h2-4,7-8,18H,5-6,9-14H2,1H3;2*1H. The van der Waals surface area contributed by atoms with Crippen molar-refractivity contribution in [3.63, 3.8) is 0 Å². The molecule has 1 N–H and O–H groups in total. The van der Waals surface area contributed by atoms with Gasteiger partial charge in [-0.1, -0.05) is 18.2 Å². The minimum atomic E-state index is -0.340. The molecule has 1 unspecified atom stereocenters. The number of benzene rings is 1. The van der Waals surface area contributed by atoms with Crippen LogP contribution < -0.4 is 10.2 Å². The van der Waals surface area contributed by atoms with Crippen molar-refractivity contribution < 1.29 is 4.79 Å². The van der Waals surface area contributed by atoms with Gasteiger partial charge in [0.1, 0.15) is 0 Å². The quantitative estimate of drug-likeness (QED) is 0.881. The molecule has 6 heteroatoms. The summed E-state index contributed by atoms with van der Waals surface area (Å²) >= 11 is 0. The zero-order valence-corrected chi connectivity index (χ0v) is 15.3.